The van der Waals surface area contributed by atoms with E-state index in [0.717, 1.165) is 55.5 Å². The van der Waals surface area contributed by atoms with E-state index in [1.807, 2.05) is 48.6 Å². The van der Waals surface area contributed by atoms with E-state index in [9.17, 15) is 4.79 Å². The topological polar surface area (TPSA) is 102 Å². The summed E-state index contributed by atoms with van der Waals surface area (Å²) in [4.78, 5) is 25.6. The van der Waals surface area contributed by atoms with Crippen molar-refractivity contribution < 1.29 is 4.79 Å². The lowest BCUT2D eigenvalue weighted by Crippen LogP contribution is -2.44. The molecule has 3 aromatic rings. The molecule has 0 spiro atoms. The zero-order valence-corrected chi connectivity index (χ0v) is 21.2. The van der Waals surface area contributed by atoms with Crippen molar-refractivity contribution in [2.75, 3.05) is 48.8 Å². The zero-order valence-electron chi connectivity index (χ0n) is 21.2. The standard InChI is InChI=1S/C27H34N8O/c1-5-27(36)28-21-9-6-20(7-10-21)8-11-23-29-24(30-25-17-22(32-33-25)16-19(2)3)18-26(31-23)35-14-12-34(4)13-15-35/h5-11,17-19H,1,12-16H2,2-4H3,(H,28,36)(H2,29,30,31,32,33)/b11-8+. The van der Waals surface area contributed by atoms with E-state index in [4.69, 9.17) is 9.97 Å². The number of rotatable bonds is 9. The smallest absolute Gasteiger partial charge is 0.247 e. The molecule has 1 aromatic carbocycles. The number of benzene rings is 1. The van der Waals surface area contributed by atoms with Gasteiger partial charge in [-0.2, -0.15) is 5.10 Å². The van der Waals surface area contributed by atoms with Crippen LogP contribution in [0.1, 0.15) is 30.9 Å². The molecule has 2 aromatic heterocycles. The molecule has 4 rings (SSSR count). The molecule has 3 heterocycles. The lowest BCUT2D eigenvalue weighted by molar-refractivity contribution is -0.111. The zero-order chi connectivity index (χ0) is 25.5. The van der Waals surface area contributed by atoms with Crippen LogP contribution < -0.4 is 15.5 Å². The van der Waals surface area contributed by atoms with Gasteiger partial charge >= 0.3 is 0 Å². The van der Waals surface area contributed by atoms with Crippen LogP contribution in [-0.2, 0) is 11.2 Å². The lowest BCUT2D eigenvalue weighted by Gasteiger charge is -2.33. The maximum atomic E-state index is 11.5. The molecule has 9 heteroatoms. The third-order valence-corrected chi connectivity index (χ3v) is 5.86. The van der Waals surface area contributed by atoms with Crippen molar-refractivity contribution in [3.63, 3.8) is 0 Å². The van der Waals surface area contributed by atoms with Gasteiger partial charge in [-0.3, -0.25) is 9.89 Å². The molecular weight excluding hydrogens is 452 g/mol. The van der Waals surface area contributed by atoms with Gasteiger partial charge in [-0.1, -0.05) is 38.6 Å². The van der Waals surface area contributed by atoms with Crippen molar-refractivity contribution >= 4 is 41.2 Å². The maximum Gasteiger partial charge on any atom is 0.247 e. The normalized spacial score (nSPS) is 14.4. The largest absolute Gasteiger partial charge is 0.354 e. The predicted octanol–water partition coefficient (Wildman–Crippen LogP) is 4.19. The fourth-order valence-electron chi connectivity index (χ4n) is 3.93. The average Bonchev–Trinajstić information content (AvgIpc) is 3.29. The summed E-state index contributed by atoms with van der Waals surface area (Å²) >= 11 is 0. The van der Waals surface area contributed by atoms with E-state index in [1.165, 1.54) is 6.08 Å². The molecule has 0 unspecified atom stereocenters. The number of likely N-dealkylation sites (N-methyl/N-ethyl adjacent to an activating group) is 1. The molecule has 0 saturated carbocycles. The summed E-state index contributed by atoms with van der Waals surface area (Å²) < 4.78 is 0. The predicted molar refractivity (Wildman–Crippen MR) is 146 cm³/mol. The van der Waals surface area contributed by atoms with Crippen molar-refractivity contribution in [1.82, 2.24) is 25.1 Å². The number of carbonyl (C=O) groups excluding carboxylic acids is 1. The van der Waals surface area contributed by atoms with Gasteiger partial charge in [0, 0.05) is 49.7 Å². The molecule has 1 aliphatic rings. The molecule has 1 aliphatic heterocycles. The van der Waals surface area contributed by atoms with Gasteiger partial charge in [-0.15, -0.1) is 0 Å². The maximum absolute atomic E-state index is 11.5. The molecule has 36 heavy (non-hydrogen) atoms. The van der Waals surface area contributed by atoms with Gasteiger partial charge in [0.15, 0.2) is 11.6 Å². The Morgan fingerprint density at radius 3 is 2.53 bits per heavy atom. The van der Waals surface area contributed by atoms with Gasteiger partial charge in [0.05, 0.1) is 0 Å². The summed E-state index contributed by atoms with van der Waals surface area (Å²) in [5.41, 5.74) is 2.78. The third kappa shape index (κ3) is 7.02. The quantitative estimate of drug-likeness (QED) is 0.390. The lowest BCUT2D eigenvalue weighted by atomic mass is 10.1. The number of aromatic amines is 1. The highest BCUT2D eigenvalue weighted by atomic mass is 16.1. The minimum absolute atomic E-state index is 0.235. The summed E-state index contributed by atoms with van der Waals surface area (Å²) in [6, 6.07) is 11.6. The monoisotopic (exact) mass is 486 g/mol. The summed E-state index contributed by atoms with van der Waals surface area (Å²) in [6.07, 6.45) is 6.05. The van der Waals surface area contributed by atoms with Crippen LogP contribution in [0, 0.1) is 5.92 Å². The fraction of sp³-hybridized carbons (Fsp3) is 0.333. The number of anilines is 4. The van der Waals surface area contributed by atoms with Crippen LogP contribution in [0.2, 0.25) is 0 Å². The van der Waals surface area contributed by atoms with E-state index in [0.29, 0.717) is 23.2 Å². The Balaban J connectivity index is 1.55. The van der Waals surface area contributed by atoms with Crippen LogP contribution in [0.25, 0.3) is 12.2 Å². The van der Waals surface area contributed by atoms with Crippen molar-refractivity contribution in [3.05, 3.63) is 66.1 Å². The molecule has 188 valence electrons. The Bertz CT molecular complexity index is 1210. The Hall–Kier alpha value is -3.98. The Morgan fingerprint density at radius 1 is 1.08 bits per heavy atom. The van der Waals surface area contributed by atoms with E-state index >= 15 is 0 Å². The second kappa shape index (κ2) is 11.6. The Morgan fingerprint density at radius 2 is 1.83 bits per heavy atom. The highest BCUT2D eigenvalue weighted by Crippen LogP contribution is 2.22. The van der Waals surface area contributed by atoms with Crippen molar-refractivity contribution in [2.24, 2.45) is 5.92 Å². The first-order valence-corrected chi connectivity index (χ1v) is 12.2. The third-order valence-electron chi connectivity index (χ3n) is 5.86. The van der Waals surface area contributed by atoms with E-state index in [1.54, 1.807) is 0 Å². The van der Waals surface area contributed by atoms with Crippen molar-refractivity contribution in [1.29, 1.82) is 0 Å². The minimum Gasteiger partial charge on any atom is -0.354 e. The number of nitrogens with one attached hydrogen (secondary N) is 3. The van der Waals surface area contributed by atoms with E-state index < -0.39 is 0 Å². The second-order valence-electron chi connectivity index (χ2n) is 9.41. The summed E-state index contributed by atoms with van der Waals surface area (Å²) in [6.45, 7) is 11.6. The molecular formula is C27H34N8O. The fourth-order valence-corrected chi connectivity index (χ4v) is 3.93. The molecule has 0 aliphatic carbocycles. The first kappa shape index (κ1) is 25.1. The number of hydrogen-bond acceptors (Lipinski definition) is 7. The molecule has 0 bridgehead atoms. The van der Waals surface area contributed by atoms with Gasteiger partial charge in [0.2, 0.25) is 5.91 Å². The van der Waals surface area contributed by atoms with Crippen LogP contribution in [-0.4, -0.2) is 64.2 Å². The van der Waals surface area contributed by atoms with E-state index in [2.05, 4.69) is 58.1 Å². The number of hydrogen-bond donors (Lipinski definition) is 3. The summed E-state index contributed by atoms with van der Waals surface area (Å²) in [7, 11) is 2.14. The van der Waals surface area contributed by atoms with Gasteiger partial charge in [-0.25, -0.2) is 9.97 Å². The van der Waals surface area contributed by atoms with Crippen LogP contribution in [0.4, 0.5) is 23.1 Å². The summed E-state index contributed by atoms with van der Waals surface area (Å²) in [5.74, 6) is 3.24. The molecule has 1 fully saturated rings. The highest BCUT2D eigenvalue weighted by Gasteiger charge is 2.17. The molecule has 3 N–H and O–H groups in total. The summed E-state index contributed by atoms with van der Waals surface area (Å²) in [5, 5.41) is 13.6. The number of carbonyl (C=O) groups is 1. The van der Waals surface area contributed by atoms with E-state index in [-0.39, 0.29) is 5.91 Å². The van der Waals surface area contributed by atoms with Crippen molar-refractivity contribution in [3.8, 4) is 0 Å². The van der Waals surface area contributed by atoms with Crippen molar-refractivity contribution in [2.45, 2.75) is 20.3 Å². The first-order valence-electron chi connectivity index (χ1n) is 12.2. The number of aromatic nitrogens is 4. The SMILES string of the molecule is C=CC(=O)Nc1ccc(/C=C/c2nc(Nc3cc(CC(C)C)[nH]n3)cc(N3CCN(C)CC3)n2)cc1. The number of nitrogens with zero attached hydrogens (tertiary/aromatic N) is 5. The van der Waals surface area contributed by atoms with Gasteiger partial charge < -0.3 is 20.4 Å². The average molecular weight is 487 g/mol. The van der Waals surface area contributed by atoms with Gasteiger partial charge in [0.1, 0.15) is 11.6 Å². The van der Waals surface area contributed by atoms with Crippen LogP contribution in [0.15, 0.2) is 49.1 Å². The molecule has 0 atom stereocenters. The Labute approximate surface area is 212 Å². The Kier molecular flexibility index (Phi) is 8.12. The second-order valence-corrected chi connectivity index (χ2v) is 9.41. The molecule has 1 amide bonds. The highest BCUT2D eigenvalue weighted by molar-refractivity contribution is 5.98. The minimum atomic E-state index is -0.235. The van der Waals surface area contributed by atoms with Crippen LogP contribution in [0.3, 0.4) is 0 Å². The number of amides is 1. The molecule has 0 radical (unpaired) electrons. The van der Waals surface area contributed by atoms with Crippen LogP contribution >= 0.6 is 0 Å². The molecule has 1 saturated heterocycles. The van der Waals surface area contributed by atoms with Gasteiger partial charge in [-0.05, 0) is 49.2 Å². The number of H-pyrrole nitrogens is 1. The first-order chi connectivity index (χ1) is 17.4. The van der Waals surface area contributed by atoms with Gasteiger partial charge in [0.25, 0.3) is 0 Å². The molecule has 9 nitrogen and oxygen atoms in total. The van der Waals surface area contributed by atoms with Crippen LogP contribution in [0.5, 0.6) is 0 Å². The number of piperazine rings is 1.